The summed E-state index contributed by atoms with van der Waals surface area (Å²) in [6, 6.07) is 8.69. The molecule has 0 atom stereocenters. The number of nitriles is 1. The van der Waals surface area contributed by atoms with E-state index in [-0.39, 0.29) is 0 Å². The topological polar surface area (TPSA) is 41.6 Å². The summed E-state index contributed by atoms with van der Waals surface area (Å²) < 4.78 is 2.20. The second-order valence-electron chi connectivity index (χ2n) is 5.27. The normalized spacial score (nSPS) is 11.1. The number of aryl methyl sites for hydroxylation is 1. The Morgan fingerprint density at radius 3 is 2.79 bits per heavy atom. The van der Waals surface area contributed by atoms with Gasteiger partial charge in [-0.1, -0.05) is 33.3 Å². The minimum Gasteiger partial charge on any atom is -0.327 e. The van der Waals surface area contributed by atoms with Crippen LogP contribution in [0.15, 0.2) is 18.2 Å². The predicted octanol–water partition coefficient (Wildman–Crippen LogP) is 4.03. The van der Waals surface area contributed by atoms with Gasteiger partial charge in [-0.3, -0.25) is 0 Å². The van der Waals surface area contributed by atoms with Crippen LogP contribution in [0.3, 0.4) is 0 Å². The Bertz CT molecular complexity index is 602. The maximum Gasteiger partial charge on any atom is 0.124 e. The van der Waals surface area contributed by atoms with Crippen molar-refractivity contribution in [1.82, 2.24) is 9.55 Å². The number of imidazole rings is 1. The first kappa shape index (κ1) is 13.6. The average molecular weight is 255 g/mol. The van der Waals surface area contributed by atoms with E-state index in [1.165, 1.54) is 5.56 Å². The summed E-state index contributed by atoms with van der Waals surface area (Å²) in [5, 5.41) is 8.93. The Labute approximate surface area is 114 Å². The van der Waals surface area contributed by atoms with E-state index in [0.29, 0.717) is 12.3 Å². The second-order valence-corrected chi connectivity index (χ2v) is 5.27. The van der Waals surface area contributed by atoms with E-state index in [2.05, 4.69) is 54.6 Å². The molecule has 3 nitrogen and oxygen atoms in total. The quantitative estimate of drug-likeness (QED) is 0.809. The minimum atomic E-state index is 0.384. The van der Waals surface area contributed by atoms with E-state index in [1.807, 2.05) is 0 Å². The van der Waals surface area contributed by atoms with Crippen molar-refractivity contribution in [3.63, 3.8) is 0 Å². The zero-order chi connectivity index (χ0) is 13.8. The maximum atomic E-state index is 8.93. The minimum absolute atomic E-state index is 0.384. The van der Waals surface area contributed by atoms with E-state index in [9.17, 15) is 0 Å². The molecule has 100 valence electrons. The SMILES string of the molecule is CCCCn1c(CC#N)nc2cc(C(C)C)ccc21. The molecule has 19 heavy (non-hydrogen) atoms. The fraction of sp³-hybridized carbons (Fsp3) is 0.500. The Morgan fingerprint density at radius 1 is 1.37 bits per heavy atom. The van der Waals surface area contributed by atoms with Crippen LogP contribution in [0.25, 0.3) is 11.0 Å². The highest BCUT2D eigenvalue weighted by atomic mass is 15.1. The number of nitrogens with zero attached hydrogens (tertiary/aromatic N) is 3. The summed E-state index contributed by atoms with van der Waals surface area (Å²) in [4.78, 5) is 4.64. The number of rotatable bonds is 5. The molecule has 0 N–H and O–H groups in total. The number of unbranched alkanes of at least 4 members (excludes halogenated alkanes) is 1. The molecule has 0 aliphatic rings. The summed E-state index contributed by atoms with van der Waals surface area (Å²) in [5.74, 6) is 1.40. The lowest BCUT2D eigenvalue weighted by atomic mass is 10.0. The molecule has 2 rings (SSSR count). The largest absolute Gasteiger partial charge is 0.327 e. The molecule has 0 aliphatic carbocycles. The van der Waals surface area contributed by atoms with E-state index in [0.717, 1.165) is 36.2 Å². The first-order valence-electron chi connectivity index (χ1n) is 7.03. The van der Waals surface area contributed by atoms with Crippen molar-refractivity contribution in [1.29, 1.82) is 5.26 Å². The van der Waals surface area contributed by atoms with Crippen LogP contribution in [0.2, 0.25) is 0 Å². The van der Waals surface area contributed by atoms with Gasteiger partial charge < -0.3 is 4.57 Å². The van der Waals surface area contributed by atoms with Crippen LogP contribution in [0, 0.1) is 11.3 Å². The second kappa shape index (κ2) is 5.88. The number of hydrogen-bond acceptors (Lipinski definition) is 2. The Hall–Kier alpha value is -1.82. The lowest BCUT2D eigenvalue weighted by molar-refractivity contribution is 0.625. The Kier molecular flexibility index (Phi) is 4.21. The molecule has 0 saturated carbocycles. The molecule has 0 bridgehead atoms. The fourth-order valence-electron chi connectivity index (χ4n) is 2.33. The Balaban J connectivity index is 2.50. The third kappa shape index (κ3) is 2.78. The molecular formula is C16H21N3. The lowest BCUT2D eigenvalue weighted by Crippen LogP contribution is -2.03. The van der Waals surface area contributed by atoms with Gasteiger partial charge in [-0.05, 0) is 30.0 Å². The van der Waals surface area contributed by atoms with Crippen LogP contribution >= 0.6 is 0 Å². The van der Waals surface area contributed by atoms with Gasteiger partial charge in [0.25, 0.3) is 0 Å². The zero-order valence-electron chi connectivity index (χ0n) is 12.0. The number of fused-ring (bicyclic) bond motifs is 1. The molecule has 1 aromatic heterocycles. The fourth-order valence-corrected chi connectivity index (χ4v) is 2.33. The Morgan fingerprint density at radius 2 is 2.16 bits per heavy atom. The predicted molar refractivity (Wildman–Crippen MR) is 78.0 cm³/mol. The van der Waals surface area contributed by atoms with Crippen LogP contribution < -0.4 is 0 Å². The van der Waals surface area contributed by atoms with Crippen molar-refractivity contribution in [3.05, 3.63) is 29.6 Å². The van der Waals surface area contributed by atoms with Crippen LogP contribution in [0.5, 0.6) is 0 Å². The van der Waals surface area contributed by atoms with Crippen molar-refractivity contribution < 1.29 is 0 Å². The van der Waals surface area contributed by atoms with Crippen LogP contribution in [-0.4, -0.2) is 9.55 Å². The van der Waals surface area contributed by atoms with Gasteiger partial charge in [-0.15, -0.1) is 0 Å². The van der Waals surface area contributed by atoms with Gasteiger partial charge in [0.1, 0.15) is 5.82 Å². The van der Waals surface area contributed by atoms with Crippen LogP contribution in [0.1, 0.15) is 50.9 Å². The van der Waals surface area contributed by atoms with E-state index >= 15 is 0 Å². The number of hydrogen-bond donors (Lipinski definition) is 0. The van der Waals surface area contributed by atoms with Crippen molar-refractivity contribution in [2.75, 3.05) is 0 Å². The highest BCUT2D eigenvalue weighted by Gasteiger charge is 2.11. The molecule has 2 aromatic rings. The smallest absolute Gasteiger partial charge is 0.124 e. The van der Waals surface area contributed by atoms with Crippen molar-refractivity contribution in [2.24, 2.45) is 0 Å². The zero-order valence-corrected chi connectivity index (χ0v) is 12.0. The first-order chi connectivity index (χ1) is 9.17. The van der Waals surface area contributed by atoms with Gasteiger partial charge in [-0.25, -0.2) is 4.98 Å². The third-order valence-corrected chi connectivity index (χ3v) is 3.49. The van der Waals surface area contributed by atoms with E-state index in [1.54, 1.807) is 0 Å². The van der Waals surface area contributed by atoms with Gasteiger partial charge in [0, 0.05) is 6.54 Å². The van der Waals surface area contributed by atoms with Gasteiger partial charge in [0.15, 0.2) is 0 Å². The average Bonchev–Trinajstić information content (AvgIpc) is 2.73. The molecule has 0 radical (unpaired) electrons. The van der Waals surface area contributed by atoms with Crippen molar-refractivity contribution in [2.45, 2.75) is 52.5 Å². The van der Waals surface area contributed by atoms with E-state index in [4.69, 9.17) is 5.26 Å². The first-order valence-corrected chi connectivity index (χ1v) is 7.03. The van der Waals surface area contributed by atoms with Gasteiger partial charge in [0.2, 0.25) is 0 Å². The van der Waals surface area contributed by atoms with Gasteiger partial charge in [0.05, 0.1) is 23.5 Å². The molecule has 0 unspecified atom stereocenters. The monoisotopic (exact) mass is 255 g/mol. The highest BCUT2D eigenvalue weighted by molar-refractivity contribution is 5.77. The molecular weight excluding hydrogens is 234 g/mol. The van der Waals surface area contributed by atoms with E-state index < -0.39 is 0 Å². The van der Waals surface area contributed by atoms with Crippen molar-refractivity contribution in [3.8, 4) is 6.07 Å². The van der Waals surface area contributed by atoms with Crippen LogP contribution in [0.4, 0.5) is 0 Å². The number of aromatic nitrogens is 2. The van der Waals surface area contributed by atoms with Crippen LogP contribution in [-0.2, 0) is 13.0 Å². The molecule has 0 saturated heterocycles. The molecule has 0 amide bonds. The number of benzene rings is 1. The lowest BCUT2D eigenvalue weighted by Gasteiger charge is -2.08. The molecule has 1 aromatic carbocycles. The van der Waals surface area contributed by atoms with Crippen molar-refractivity contribution >= 4 is 11.0 Å². The standard InChI is InChI=1S/C16H21N3/c1-4-5-10-19-15-7-6-13(12(2)3)11-14(15)18-16(19)8-9-17/h6-7,11-12H,4-5,8,10H2,1-3H3. The molecule has 1 heterocycles. The molecule has 0 fully saturated rings. The molecule has 0 aliphatic heterocycles. The summed E-state index contributed by atoms with van der Waals surface area (Å²) in [6.07, 6.45) is 2.65. The maximum absolute atomic E-state index is 8.93. The molecule has 0 spiro atoms. The molecule has 3 heteroatoms. The summed E-state index contributed by atoms with van der Waals surface area (Å²) in [7, 11) is 0. The third-order valence-electron chi connectivity index (χ3n) is 3.49. The highest BCUT2D eigenvalue weighted by Crippen LogP contribution is 2.23. The summed E-state index contributed by atoms with van der Waals surface area (Å²) in [5.41, 5.74) is 3.48. The van der Waals surface area contributed by atoms with Gasteiger partial charge >= 0.3 is 0 Å². The summed E-state index contributed by atoms with van der Waals surface area (Å²) >= 11 is 0. The van der Waals surface area contributed by atoms with Gasteiger partial charge in [-0.2, -0.15) is 5.26 Å². The summed E-state index contributed by atoms with van der Waals surface area (Å²) in [6.45, 7) is 7.50.